The molecule has 120 valence electrons. The molecule has 0 spiro atoms. The second kappa shape index (κ2) is 6.65. The van der Waals surface area contributed by atoms with Gasteiger partial charge in [0.05, 0.1) is 17.4 Å². The first-order valence-electron chi connectivity index (χ1n) is 8.49. The number of carbonyl (C=O) groups is 1. The molecule has 5 nitrogen and oxygen atoms in total. The van der Waals surface area contributed by atoms with Gasteiger partial charge in [0.25, 0.3) is 0 Å². The maximum absolute atomic E-state index is 12.4. The van der Waals surface area contributed by atoms with Crippen molar-refractivity contribution in [1.82, 2.24) is 4.98 Å². The van der Waals surface area contributed by atoms with E-state index >= 15 is 0 Å². The zero-order chi connectivity index (χ0) is 15.4. The number of hydrogen-bond acceptors (Lipinski definition) is 4. The molecule has 0 bridgehead atoms. The van der Waals surface area contributed by atoms with E-state index in [-0.39, 0.29) is 5.91 Å². The van der Waals surface area contributed by atoms with Crippen molar-refractivity contribution in [3.05, 3.63) is 18.3 Å². The third kappa shape index (κ3) is 3.40. The molecular formula is C17H26N4O. The molecule has 0 radical (unpaired) electrons. The van der Waals surface area contributed by atoms with Crippen molar-refractivity contribution < 1.29 is 4.79 Å². The van der Waals surface area contributed by atoms with Crippen LogP contribution in [0.4, 0.5) is 11.5 Å². The molecule has 1 saturated carbocycles. The summed E-state index contributed by atoms with van der Waals surface area (Å²) in [4.78, 5) is 19.1. The molecule has 3 N–H and O–H groups in total. The third-order valence-corrected chi connectivity index (χ3v) is 4.91. The highest BCUT2D eigenvalue weighted by Crippen LogP contribution is 2.27. The molecule has 0 atom stereocenters. The number of nitrogens with zero attached hydrogens (tertiary/aromatic N) is 2. The topological polar surface area (TPSA) is 71.2 Å². The molecule has 1 aromatic rings. The van der Waals surface area contributed by atoms with E-state index in [1.54, 1.807) is 0 Å². The van der Waals surface area contributed by atoms with Gasteiger partial charge < -0.3 is 16.0 Å². The van der Waals surface area contributed by atoms with E-state index in [4.69, 9.17) is 5.73 Å². The summed E-state index contributed by atoms with van der Waals surface area (Å²) in [6.07, 6.45) is 10.4. The number of hydrogen-bond donors (Lipinski definition) is 2. The van der Waals surface area contributed by atoms with E-state index in [9.17, 15) is 4.79 Å². The van der Waals surface area contributed by atoms with Gasteiger partial charge in [0.15, 0.2) is 0 Å². The molecule has 5 heteroatoms. The van der Waals surface area contributed by atoms with Crippen molar-refractivity contribution >= 4 is 17.4 Å². The number of anilines is 2. The lowest BCUT2D eigenvalue weighted by Gasteiger charge is -2.31. The Morgan fingerprint density at radius 2 is 1.77 bits per heavy atom. The van der Waals surface area contributed by atoms with Crippen LogP contribution < -0.4 is 16.0 Å². The van der Waals surface area contributed by atoms with Crippen molar-refractivity contribution in [2.75, 3.05) is 23.3 Å². The maximum Gasteiger partial charge on any atom is 0.245 e. The number of rotatable bonds is 3. The van der Waals surface area contributed by atoms with E-state index in [1.807, 2.05) is 18.3 Å². The van der Waals surface area contributed by atoms with Gasteiger partial charge in [-0.1, -0.05) is 19.3 Å². The van der Waals surface area contributed by atoms with Gasteiger partial charge in [-0.25, -0.2) is 4.98 Å². The standard InChI is InChI=1S/C17H26N4O/c18-17(9-3-1-4-10-17)16(22)20-15-8-7-14(13-19-15)21-11-5-2-6-12-21/h7-8,13H,1-6,9-12,18H2,(H,19,20,22). The molecule has 1 saturated heterocycles. The Morgan fingerprint density at radius 1 is 1.09 bits per heavy atom. The summed E-state index contributed by atoms with van der Waals surface area (Å²) in [7, 11) is 0. The summed E-state index contributed by atoms with van der Waals surface area (Å²) < 4.78 is 0. The van der Waals surface area contributed by atoms with Crippen LogP contribution in [0.25, 0.3) is 0 Å². The fourth-order valence-electron chi connectivity index (χ4n) is 3.45. The molecule has 1 aromatic heterocycles. The Morgan fingerprint density at radius 3 is 2.41 bits per heavy atom. The Hall–Kier alpha value is -1.62. The summed E-state index contributed by atoms with van der Waals surface area (Å²) in [5, 5.41) is 2.89. The first-order chi connectivity index (χ1) is 10.7. The van der Waals surface area contributed by atoms with E-state index in [0.717, 1.165) is 44.5 Å². The highest BCUT2D eigenvalue weighted by molar-refractivity contribution is 5.97. The van der Waals surface area contributed by atoms with E-state index in [0.29, 0.717) is 5.82 Å². The molecule has 0 unspecified atom stereocenters. The molecule has 1 aliphatic heterocycles. The fraction of sp³-hybridized carbons (Fsp3) is 0.647. The molecule has 3 rings (SSSR count). The number of nitrogens with one attached hydrogen (secondary N) is 1. The van der Waals surface area contributed by atoms with Crippen molar-refractivity contribution in [2.45, 2.75) is 56.9 Å². The first kappa shape index (κ1) is 15.3. The summed E-state index contributed by atoms with van der Waals surface area (Å²) in [5.41, 5.74) is 6.67. The quantitative estimate of drug-likeness (QED) is 0.900. The highest BCUT2D eigenvalue weighted by atomic mass is 16.2. The monoisotopic (exact) mass is 302 g/mol. The Labute approximate surface area is 132 Å². The molecular weight excluding hydrogens is 276 g/mol. The fourth-order valence-corrected chi connectivity index (χ4v) is 3.45. The van der Waals surface area contributed by atoms with Gasteiger partial charge >= 0.3 is 0 Å². The van der Waals surface area contributed by atoms with E-state index in [1.165, 1.54) is 25.7 Å². The second-order valence-corrected chi connectivity index (χ2v) is 6.62. The van der Waals surface area contributed by atoms with Gasteiger partial charge in [0.2, 0.25) is 5.91 Å². The van der Waals surface area contributed by atoms with Gasteiger partial charge in [0, 0.05) is 13.1 Å². The predicted octanol–water partition coefficient (Wildman–Crippen LogP) is 2.67. The van der Waals surface area contributed by atoms with Gasteiger partial charge in [-0.05, 0) is 44.2 Å². The van der Waals surface area contributed by atoms with Crippen molar-refractivity contribution in [3.8, 4) is 0 Å². The number of amides is 1. The van der Waals surface area contributed by atoms with Crippen LogP contribution in [0.5, 0.6) is 0 Å². The van der Waals surface area contributed by atoms with Gasteiger partial charge in [0.1, 0.15) is 5.82 Å². The average Bonchev–Trinajstić information content (AvgIpc) is 2.57. The summed E-state index contributed by atoms with van der Waals surface area (Å²) >= 11 is 0. The third-order valence-electron chi connectivity index (χ3n) is 4.91. The molecule has 1 amide bonds. The smallest absolute Gasteiger partial charge is 0.245 e. The number of nitrogens with two attached hydrogens (primary N) is 1. The second-order valence-electron chi connectivity index (χ2n) is 6.62. The number of pyridine rings is 1. The van der Waals surface area contributed by atoms with Gasteiger partial charge in [-0.2, -0.15) is 0 Å². The lowest BCUT2D eigenvalue weighted by Crippen LogP contribution is -2.52. The molecule has 2 aliphatic rings. The molecule has 1 aliphatic carbocycles. The minimum atomic E-state index is -0.717. The minimum absolute atomic E-state index is 0.0922. The summed E-state index contributed by atoms with van der Waals surface area (Å²) in [6, 6.07) is 3.92. The Balaban J connectivity index is 1.61. The zero-order valence-electron chi connectivity index (χ0n) is 13.2. The van der Waals surface area contributed by atoms with Crippen molar-refractivity contribution in [3.63, 3.8) is 0 Å². The van der Waals surface area contributed by atoms with Gasteiger partial charge in [-0.15, -0.1) is 0 Å². The van der Waals surface area contributed by atoms with E-state index < -0.39 is 5.54 Å². The Kier molecular flexibility index (Phi) is 4.62. The van der Waals surface area contributed by atoms with Crippen LogP contribution in [0.15, 0.2) is 18.3 Å². The van der Waals surface area contributed by atoms with Crippen LogP contribution >= 0.6 is 0 Å². The van der Waals surface area contributed by atoms with E-state index in [2.05, 4.69) is 15.2 Å². The van der Waals surface area contributed by atoms with Gasteiger partial charge in [-0.3, -0.25) is 4.79 Å². The molecule has 22 heavy (non-hydrogen) atoms. The summed E-state index contributed by atoms with van der Waals surface area (Å²) in [5.74, 6) is 0.506. The Bertz CT molecular complexity index is 502. The van der Waals surface area contributed by atoms with Crippen LogP contribution in [0.1, 0.15) is 51.4 Å². The molecule has 2 heterocycles. The SMILES string of the molecule is NC1(C(=O)Nc2ccc(N3CCCCC3)cn2)CCCCC1. The lowest BCUT2D eigenvalue weighted by molar-refractivity contribution is -0.122. The van der Waals surface area contributed by atoms with Crippen LogP contribution in [0, 0.1) is 0 Å². The number of aromatic nitrogens is 1. The maximum atomic E-state index is 12.4. The van der Waals surface area contributed by atoms with Crippen LogP contribution in [-0.2, 0) is 4.79 Å². The predicted molar refractivity (Wildman–Crippen MR) is 88.9 cm³/mol. The largest absolute Gasteiger partial charge is 0.370 e. The lowest BCUT2D eigenvalue weighted by atomic mass is 9.82. The average molecular weight is 302 g/mol. The van der Waals surface area contributed by atoms with Crippen LogP contribution in [0.3, 0.4) is 0 Å². The normalized spacial score (nSPS) is 21.4. The van der Waals surface area contributed by atoms with Crippen molar-refractivity contribution in [2.24, 2.45) is 5.73 Å². The zero-order valence-corrected chi connectivity index (χ0v) is 13.2. The number of carbonyl (C=O) groups excluding carboxylic acids is 1. The number of piperidine rings is 1. The van der Waals surface area contributed by atoms with Crippen molar-refractivity contribution in [1.29, 1.82) is 0 Å². The first-order valence-corrected chi connectivity index (χ1v) is 8.49. The minimum Gasteiger partial charge on any atom is -0.370 e. The summed E-state index contributed by atoms with van der Waals surface area (Å²) in [6.45, 7) is 2.19. The van der Waals surface area contributed by atoms with Crippen LogP contribution in [0.2, 0.25) is 0 Å². The van der Waals surface area contributed by atoms with Crippen LogP contribution in [-0.4, -0.2) is 29.5 Å². The molecule has 2 fully saturated rings. The highest BCUT2D eigenvalue weighted by Gasteiger charge is 2.35. The molecule has 0 aromatic carbocycles.